The molecular weight excluding hydrogens is 412 g/mol. The Balaban J connectivity index is 1.36. The number of hydrogen-bond donors (Lipinski definition) is 0. The Bertz CT molecular complexity index is 998. The van der Waals surface area contributed by atoms with Crippen LogP contribution in [0.25, 0.3) is 11.3 Å². The van der Waals surface area contributed by atoms with Crippen molar-refractivity contribution in [3.8, 4) is 17.0 Å². The second kappa shape index (κ2) is 9.82. The number of anilines is 1. The first kappa shape index (κ1) is 21.2. The quantitative estimate of drug-likeness (QED) is 0.559. The van der Waals surface area contributed by atoms with Crippen molar-refractivity contribution in [3.63, 3.8) is 0 Å². The van der Waals surface area contributed by atoms with Crippen LogP contribution in [-0.2, 0) is 6.42 Å². The minimum Gasteiger partial charge on any atom is -0.494 e. The highest BCUT2D eigenvalue weighted by Gasteiger charge is 2.26. The molecule has 2 aromatic heterocycles. The van der Waals surface area contributed by atoms with E-state index in [1.54, 1.807) is 0 Å². The maximum Gasteiger partial charge on any atom is 0.267 e. The Labute approximate surface area is 186 Å². The topological polar surface area (TPSA) is 84.3 Å². The molecule has 3 aromatic rings. The average molecular weight is 439 g/mol. The van der Waals surface area contributed by atoms with E-state index in [9.17, 15) is 4.79 Å². The summed E-state index contributed by atoms with van der Waals surface area (Å²) in [6.07, 6.45) is 1.73. The summed E-state index contributed by atoms with van der Waals surface area (Å²) in [5.41, 5.74) is 2.64. The van der Waals surface area contributed by atoms with Crippen molar-refractivity contribution in [1.29, 1.82) is 0 Å². The number of rotatable bonds is 7. The van der Waals surface area contributed by atoms with Crippen LogP contribution in [0.4, 0.5) is 5.82 Å². The SMILES string of the molecule is CCCc1nnsc1C(=O)N1CCN(c2ccc(-c3ccc(OCC)cc3)nn2)CC1. The lowest BCUT2D eigenvalue weighted by Gasteiger charge is -2.35. The molecule has 4 rings (SSSR count). The second-order valence-electron chi connectivity index (χ2n) is 7.31. The van der Waals surface area contributed by atoms with Gasteiger partial charge in [0.2, 0.25) is 0 Å². The molecule has 1 aromatic carbocycles. The van der Waals surface area contributed by atoms with E-state index in [0.29, 0.717) is 24.6 Å². The number of amides is 1. The maximum atomic E-state index is 12.9. The van der Waals surface area contributed by atoms with Gasteiger partial charge in [0.1, 0.15) is 10.6 Å². The first-order valence-electron chi connectivity index (χ1n) is 10.6. The van der Waals surface area contributed by atoms with Crippen molar-refractivity contribution in [2.75, 3.05) is 37.7 Å². The molecule has 1 fully saturated rings. The summed E-state index contributed by atoms with van der Waals surface area (Å²) in [6.45, 7) is 7.42. The summed E-state index contributed by atoms with van der Waals surface area (Å²) in [5, 5.41) is 12.9. The molecule has 0 unspecified atom stereocenters. The highest BCUT2D eigenvalue weighted by molar-refractivity contribution is 7.08. The second-order valence-corrected chi connectivity index (χ2v) is 8.07. The fraction of sp³-hybridized carbons (Fsp3) is 0.409. The lowest BCUT2D eigenvalue weighted by atomic mass is 10.1. The molecule has 0 aliphatic carbocycles. The predicted molar refractivity (Wildman–Crippen MR) is 121 cm³/mol. The zero-order valence-corrected chi connectivity index (χ0v) is 18.6. The zero-order chi connectivity index (χ0) is 21.6. The van der Waals surface area contributed by atoms with Crippen LogP contribution in [0.15, 0.2) is 36.4 Å². The molecule has 0 spiro atoms. The Kier molecular flexibility index (Phi) is 6.71. The molecule has 9 heteroatoms. The standard InChI is InChI=1S/C22H26N6O2S/c1-3-5-19-21(31-26-24-19)22(29)28-14-12-27(13-15-28)20-11-10-18(23-25-20)16-6-8-17(9-7-16)30-4-2/h6-11H,3-5,12-15H2,1-2H3. The summed E-state index contributed by atoms with van der Waals surface area (Å²) in [4.78, 5) is 17.6. The average Bonchev–Trinajstić information content (AvgIpc) is 3.28. The van der Waals surface area contributed by atoms with Crippen LogP contribution in [-0.4, -0.2) is 63.4 Å². The Morgan fingerprint density at radius 1 is 1.00 bits per heavy atom. The predicted octanol–water partition coefficient (Wildman–Crippen LogP) is 3.31. The number of piperazine rings is 1. The van der Waals surface area contributed by atoms with E-state index in [2.05, 4.69) is 31.6 Å². The van der Waals surface area contributed by atoms with Crippen LogP contribution in [0.1, 0.15) is 35.6 Å². The summed E-state index contributed by atoms with van der Waals surface area (Å²) < 4.78 is 9.46. The number of benzene rings is 1. The van der Waals surface area contributed by atoms with Gasteiger partial charge in [0, 0.05) is 31.7 Å². The number of hydrogen-bond acceptors (Lipinski definition) is 8. The van der Waals surface area contributed by atoms with E-state index in [4.69, 9.17) is 4.74 Å². The third-order valence-electron chi connectivity index (χ3n) is 5.24. The molecule has 1 aliphatic rings. The fourth-order valence-electron chi connectivity index (χ4n) is 3.59. The van der Waals surface area contributed by atoms with Crippen LogP contribution in [0.5, 0.6) is 5.75 Å². The van der Waals surface area contributed by atoms with Gasteiger partial charge in [-0.05, 0) is 61.3 Å². The van der Waals surface area contributed by atoms with Crippen LogP contribution >= 0.6 is 11.5 Å². The zero-order valence-electron chi connectivity index (χ0n) is 17.8. The van der Waals surface area contributed by atoms with Gasteiger partial charge in [0.15, 0.2) is 5.82 Å². The van der Waals surface area contributed by atoms with Gasteiger partial charge >= 0.3 is 0 Å². The lowest BCUT2D eigenvalue weighted by Crippen LogP contribution is -2.49. The molecule has 0 N–H and O–H groups in total. The van der Waals surface area contributed by atoms with Gasteiger partial charge in [0.25, 0.3) is 5.91 Å². The monoisotopic (exact) mass is 438 g/mol. The molecule has 162 valence electrons. The highest BCUT2D eigenvalue weighted by atomic mass is 32.1. The fourth-order valence-corrected chi connectivity index (χ4v) is 4.27. The van der Waals surface area contributed by atoms with Crippen molar-refractivity contribution in [2.24, 2.45) is 0 Å². The molecule has 8 nitrogen and oxygen atoms in total. The molecule has 1 saturated heterocycles. The van der Waals surface area contributed by atoms with Gasteiger partial charge in [0.05, 0.1) is 18.0 Å². The van der Waals surface area contributed by atoms with E-state index >= 15 is 0 Å². The largest absolute Gasteiger partial charge is 0.494 e. The number of ether oxygens (including phenoxy) is 1. The number of aryl methyl sites for hydroxylation is 1. The van der Waals surface area contributed by atoms with Crippen molar-refractivity contribution >= 4 is 23.3 Å². The molecule has 0 radical (unpaired) electrons. The van der Waals surface area contributed by atoms with Crippen LogP contribution in [0.2, 0.25) is 0 Å². The molecular formula is C22H26N6O2S. The summed E-state index contributed by atoms with van der Waals surface area (Å²) >= 11 is 1.20. The van der Waals surface area contributed by atoms with Crippen molar-refractivity contribution < 1.29 is 9.53 Å². The van der Waals surface area contributed by atoms with Gasteiger partial charge in [-0.2, -0.15) is 0 Å². The third-order valence-corrected chi connectivity index (χ3v) is 6.00. The molecule has 1 aliphatic heterocycles. The molecule has 0 bridgehead atoms. The van der Waals surface area contributed by atoms with Crippen LogP contribution in [0, 0.1) is 0 Å². The van der Waals surface area contributed by atoms with Crippen LogP contribution in [0.3, 0.4) is 0 Å². The minimum atomic E-state index is 0.0371. The molecule has 0 saturated carbocycles. The molecule has 1 amide bonds. The first-order valence-corrected chi connectivity index (χ1v) is 11.4. The smallest absolute Gasteiger partial charge is 0.267 e. The van der Waals surface area contributed by atoms with Gasteiger partial charge in [-0.3, -0.25) is 4.79 Å². The van der Waals surface area contributed by atoms with Gasteiger partial charge in [-0.15, -0.1) is 15.3 Å². The molecule has 3 heterocycles. The number of nitrogens with zero attached hydrogens (tertiary/aromatic N) is 6. The normalized spacial score (nSPS) is 14.0. The van der Waals surface area contributed by atoms with Crippen LogP contribution < -0.4 is 9.64 Å². The third kappa shape index (κ3) is 4.82. The Hall–Kier alpha value is -3.07. The maximum absolute atomic E-state index is 12.9. The van der Waals surface area contributed by atoms with Crippen molar-refractivity contribution in [2.45, 2.75) is 26.7 Å². The molecule has 31 heavy (non-hydrogen) atoms. The Morgan fingerprint density at radius 3 is 2.42 bits per heavy atom. The van der Waals surface area contributed by atoms with Gasteiger partial charge in [-0.1, -0.05) is 17.8 Å². The van der Waals surface area contributed by atoms with E-state index in [1.807, 2.05) is 48.2 Å². The molecule has 0 atom stereocenters. The van der Waals surface area contributed by atoms with E-state index in [0.717, 1.165) is 54.4 Å². The number of carbonyl (C=O) groups is 1. The van der Waals surface area contributed by atoms with Crippen molar-refractivity contribution in [3.05, 3.63) is 47.0 Å². The Morgan fingerprint density at radius 2 is 1.77 bits per heavy atom. The summed E-state index contributed by atoms with van der Waals surface area (Å²) in [5.74, 6) is 1.71. The van der Waals surface area contributed by atoms with Gasteiger partial charge in [-0.25, -0.2) is 0 Å². The number of aromatic nitrogens is 4. The lowest BCUT2D eigenvalue weighted by molar-refractivity contribution is 0.0750. The summed E-state index contributed by atoms with van der Waals surface area (Å²) in [7, 11) is 0. The van der Waals surface area contributed by atoms with Gasteiger partial charge < -0.3 is 14.5 Å². The van der Waals surface area contributed by atoms with E-state index < -0.39 is 0 Å². The van der Waals surface area contributed by atoms with E-state index in [1.165, 1.54) is 11.5 Å². The minimum absolute atomic E-state index is 0.0371. The summed E-state index contributed by atoms with van der Waals surface area (Å²) in [6, 6.07) is 11.8. The number of carbonyl (C=O) groups excluding carboxylic acids is 1. The highest BCUT2D eigenvalue weighted by Crippen LogP contribution is 2.23. The van der Waals surface area contributed by atoms with E-state index in [-0.39, 0.29) is 5.91 Å². The van der Waals surface area contributed by atoms with Crippen molar-refractivity contribution in [1.82, 2.24) is 24.7 Å². The first-order chi connectivity index (χ1) is 15.2.